The van der Waals surface area contributed by atoms with Crippen molar-refractivity contribution in [2.24, 2.45) is 0 Å². The lowest BCUT2D eigenvalue weighted by molar-refractivity contribution is -0.143. The molecule has 94 valence electrons. The van der Waals surface area contributed by atoms with Gasteiger partial charge in [-0.05, 0) is 32.6 Å². The molecule has 2 nitrogen and oxygen atoms in total. The maximum absolute atomic E-state index is 11.0. The van der Waals surface area contributed by atoms with Gasteiger partial charge in [-0.3, -0.25) is 4.79 Å². The van der Waals surface area contributed by atoms with Crippen LogP contribution in [0.4, 0.5) is 0 Å². The zero-order chi connectivity index (χ0) is 12.1. The van der Waals surface area contributed by atoms with E-state index in [9.17, 15) is 4.79 Å². The van der Waals surface area contributed by atoms with Gasteiger partial charge in [-0.2, -0.15) is 0 Å². The van der Waals surface area contributed by atoms with Crippen molar-refractivity contribution in [3.8, 4) is 0 Å². The Hall–Kier alpha value is -0.790. The standard InChI is InChI=1S/C14H26O2/c1-3-5-6-7-8-9-10-11-12-13-14(15)16-4-2/h9-10H,3-8,11-13H2,1-2H3/b10-9-. The van der Waals surface area contributed by atoms with Crippen molar-refractivity contribution in [1.82, 2.24) is 0 Å². The smallest absolute Gasteiger partial charge is 0.305 e. The Balaban J connectivity index is 3.18. The first kappa shape index (κ1) is 15.2. The molecule has 0 aliphatic rings. The summed E-state index contributed by atoms with van der Waals surface area (Å²) in [5.74, 6) is -0.0705. The summed E-state index contributed by atoms with van der Waals surface area (Å²) in [7, 11) is 0. The van der Waals surface area contributed by atoms with E-state index in [1.165, 1.54) is 32.1 Å². The van der Waals surface area contributed by atoms with E-state index in [-0.39, 0.29) is 5.97 Å². The second-order valence-corrected chi connectivity index (χ2v) is 4.02. The second kappa shape index (κ2) is 12.3. The summed E-state index contributed by atoms with van der Waals surface area (Å²) >= 11 is 0. The molecule has 16 heavy (non-hydrogen) atoms. The average molecular weight is 226 g/mol. The van der Waals surface area contributed by atoms with Crippen LogP contribution >= 0.6 is 0 Å². The van der Waals surface area contributed by atoms with Crippen LogP contribution in [0.15, 0.2) is 12.2 Å². The first-order valence-electron chi connectivity index (χ1n) is 6.61. The van der Waals surface area contributed by atoms with Crippen molar-refractivity contribution in [3.05, 3.63) is 12.2 Å². The van der Waals surface area contributed by atoms with Gasteiger partial charge in [0.05, 0.1) is 6.61 Å². The molecule has 0 aromatic carbocycles. The third-order valence-electron chi connectivity index (χ3n) is 2.45. The van der Waals surface area contributed by atoms with Crippen molar-refractivity contribution in [3.63, 3.8) is 0 Å². The molecule has 0 heterocycles. The minimum Gasteiger partial charge on any atom is -0.466 e. The maximum atomic E-state index is 11.0. The number of hydrogen-bond donors (Lipinski definition) is 0. The number of rotatable bonds is 10. The van der Waals surface area contributed by atoms with Gasteiger partial charge in [-0.25, -0.2) is 0 Å². The molecule has 0 amide bonds. The molecule has 0 fully saturated rings. The van der Waals surface area contributed by atoms with Gasteiger partial charge in [0.25, 0.3) is 0 Å². The highest BCUT2D eigenvalue weighted by Crippen LogP contribution is 2.04. The van der Waals surface area contributed by atoms with E-state index < -0.39 is 0 Å². The van der Waals surface area contributed by atoms with Gasteiger partial charge in [-0.1, -0.05) is 38.3 Å². The lowest BCUT2D eigenvalue weighted by Gasteiger charge is -1.99. The van der Waals surface area contributed by atoms with Crippen LogP contribution in [-0.2, 0) is 9.53 Å². The summed E-state index contributed by atoms with van der Waals surface area (Å²) in [5.41, 5.74) is 0. The Labute approximate surface area is 100 Å². The summed E-state index contributed by atoms with van der Waals surface area (Å²) in [6, 6.07) is 0. The van der Waals surface area contributed by atoms with Crippen LogP contribution in [0.25, 0.3) is 0 Å². The molecule has 0 aromatic heterocycles. The topological polar surface area (TPSA) is 26.3 Å². The molecule has 0 atom stereocenters. The van der Waals surface area contributed by atoms with E-state index in [1.54, 1.807) is 0 Å². The molecule has 0 aliphatic carbocycles. The van der Waals surface area contributed by atoms with Crippen LogP contribution in [0.3, 0.4) is 0 Å². The number of carbonyl (C=O) groups is 1. The molecule has 0 aliphatic heterocycles. The third kappa shape index (κ3) is 11.3. The van der Waals surface area contributed by atoms with Gasteiger partial charge in [0, 0.05) is 6.42 Å². The van der Waals surface area contributed by atoms with Crippen molar-refractivity contribution in [1.29, 1.82) is 0 Å². The average Bonchev–Trinajstić information content (AvgIpc) is 2.27. The molecular formula is C14H26O2. The van der Waals surface area contributed by atoms with Crippen LogP contribution in [0.5, 0.6) is 0 Å². The van der Waals surface area contributed by atoms with Crippen LogP contribution in [-0.4, -0.2) is 12.6 Å². The van der Waals surface area contributed by atoms with Crippen molar-refractivity contribution >= 4 is 5.97 Å². The molecule has 0 unspecified atom stereocenters. The fraction of sp³-hybridized carbons (Fsp3) is 0.786. The summed E-state index contributed by atoms with van der Waals surface area (Å²) in [5, 5.41) is 0. The largest absolute Gasteiger partial charge is 0.466 e. The monoisotopic (exact) mass is 226 g/mol. The summed E-state index contributed by atoms with van der Waals surface area (Å²) in [6.45, 7) is 4.56. The predicted octanol–water partition coefficient (Wildman–Crippen LogP) is 4.25. The zero-order valence-corrected chi connectivity index (χ0v) is 10.8. The minimum atomic E-state index is -0.0705. The summed E-state index contributed by atoms with van der Waals surface area (Å²) < 4.78 is 4.85. The lowest BCUT2D eigenvalue weighted by Crippen LogP contribution is -2.02. The number of carbonyl (C=O) groups excluding carboxylic acids is 1. The Kier molecular flexibility index (Phi) is 11.7. The Morgan fingerprint density at radius 2 is 1.69 bits per heavy atom. The zero-order valence-electron chi connectivity index (χ0n) is 10.8. The molecular weight excluding hydrogens is 200 g/mol. The van der Waals surface area contributed by atoms with Gasteiger partial charge in [0.2, 0.25) is 0 Å². The summed E-state index contributed by atoms with van der Waals surface area (Å²) in [4.78, 5) is 11.0. The van der Waals surface area contributed by atoms with Gasteiger partial charge in [0.1, 0.15) is 0 Å². The van der Waals surface area contributed by atoms with E-state index in [2.05, 4.69) is 19.1 Å². The van der Waals surface area contributed by atoms with Crippen LogP contribution in [0, 0.1) is 0 Å². The fourth-order valence-corrected chi connectivity index (χ4v) is 1.52. The van der Waals surface area contributed by atoms with Gasteiger partial charge < -0.3 is 4.74 Å². The SMILES string of the molecule is CCCCCC/C=C\CCCC(=O)OCC. The first-order valence-corrected chi connectivity index (χ1v) is 6.61. The highest BCUT2D eigenvalue weighted by molar-refractivity contribution is 5.69. The van der Waals surface area contributed by atoms with Crippen LogP contribution < -0.4 is 0 Å². The van der Waals surface area contributed by atoms with Gasteiger partial charge in [0.15, 0.2) is 0 Å². The number of allylic oxidation sites excluding steroid dienone is 2. The van der Waals surface area contributed by atoms with Crippen LogP contribution in [0.1, 0.15) is 65.2 Å². The second-order valence-electron chi connectivity index (χ2n) is 4.02. The Bertz CT molecular complexity index is 185. The van der Waals surface area contributed by atoms with E-state index in [4.69, 9.17) is 4.74 Å². The maximum Gasteiger partial charge on any atom is 0.305 e. The highest BCUT2D eigenvalue weighted by atomic mass is 16.5. The molecule has 0 rings (SSSR count). The Morgan fingerprint density at radius 3 is 2.31 bits per heavy atom. The number of hydrogen-bond acceptors (Lipinski definition) is 2. The predicted molar refractivity (Wildman–Crippen MR) is 68.4 cm³/mol. The van der Waals surface area contributed by atoms with Crippen molar-refractivity contribution < 1.29 is 9.53 Å². The quantitative estimate of drug-likeness (QED) is 0.316. The van der Waals surface area contributed by atoms with E-state index in [1.807, 2.05) is 6.92 Å². The van der Waals surface area contributed by atoms with E-state index in [0.717, 1.165) is 12.8 Å². The van der Waals surface area contributed by atoms with Crippen LogP contribution in [0.2, 0.25) is 0 Å². The van der Waals surface area contributed by atoms with E-state index >= 15 is 0 Å². The van der Waals surface area contributed by atoms with Crippen molar-refractivity contribution in [2.75, 3.05) is 6.61 Å². The molecule has 0 aromatic rings. The minimum absolute atomic E-state index is 0.0705. The normalized spacial score (nSPS) is 10.9. The molecule has 0 radical (unpaired) electrons. The number of esters is 1. The molecule has 0 N–H and O–H groups in total. The first-order chi connectivity index (χ1) is 7.81. The van der Waals surface area contributed by atoms with Gasteiger partial charge in [-0.15, -0.1) is 0 Å². The molecule has 0 saturated heterocycles. The molecule has 0 spiro atoms. The van der Waals surface area contributed by atoms with E-state index in [0.29, 0.717) is 13.0 Å². The summed E-state index contributed by atoms with van der Waals surface area (Å²) in [6.07, 6.45) is 13.3. The van der Waals surface area contributed by atoms with Crippen molar-refractivity contribution in [2.45, 2.75) is 65.2 Å². The molecule has 0 saturated carbocycles. The molecule has 2 heteroatoms. The Morgan fingerprint density at radius 1 is 1.00 bits per heavy atom. The fourth-order valence-electron chi connectivity index (χ4n) is 1.52. The van der Waals surface area contributed by atoms with Gasteiger partial charge >= 0.3 is 5.97 Å². The third-order valence-corrected chi connectivity index (χ3v) is 2.45. The molecule has 0 bridgehead atoms. The lowest BCUT2D eigenvalue weighted by atomic mass is 10.1. The highest BCUT2D eigenvalue weighted by Gasteiger charge is 1.98. The number of ether oxygens (including phenoxy) is 1. The number of unbranched alkanes of at least 4 members (excludes halogenated alkanes) is 5.